The van der Waals surface area contributed by atoms with Crippen LogP contribution in [0.3, 0.4) is 0 Å². The largest absolute Gasteiger partial charge is 0.330 e. The van der Waals surface area contributed by atoms with E-state index in [1.54, 1.807) is 0 Å². The molecule has 0 aliphatic heterocycles. The summed E-state index contributed by atoms with van der Waals surface area (Å²) in [4.78, 5) is -0.515. The van der Waals surface area contributed by atoms with Gasteiger partial charge >= 0.3 is 0 Å². The van der Waals surface area contributed by atoms with Gasteiger partial charge in [-0.25, -0.2) is 21.9 Å². The first-order chi connectivity index (χ1) is 9.35. The lowest BCUT2D eigenvalue weighted by Gasteiger charge is -2.19. The van der Waals surface area contributed by atoms with E-state index in [4.69, 9.17) is 5.73 Å². The molecule has 7 heteroatoms. The lowest BCUT2D eigenvalue weighted by Crippen LogP contribution is -2.40. The summed E-state index contributed by atoms with van der Waals surface area (Å²) in [5.41, 5.74) is 5.69. The summed E-state index contributed by atoms with van der Waals surface area (Å²) in [6.45, 7) is 1.78. The SMILES string of the molecule is Cc1cc(S(=O)(=O)NC2CCCC2CN)c(F)cc1F. The molecule has 1 aliphatic carbocycles. The van der Waals surface area contributed by atoms with E-state index in [0.29, 0.717) is 19.0 Å². The maximum absolute atomic E-state index is 13.7. The topological polar surface area (TPSA) is 72.2 Å². The number of aryl methyl sites for hydroxylation is 1. The van der Waals surface area contributed by atoms with Gasteiger partial charge in [-0.15, -0.1) is 0 Å². The van der Waals surface area contributed by atoms with Crippen molar-refractivity contribution in [1.29, 1.82) is 0 Å². The van der Waals surface area contributed by atoms with Gasteiger partial charge in [0.15, 0.2) is 0 Å². The molecule has 1 saturated carbocycles. The van der Waals surface area contributed by atoms with Crippen molar-refractivity contribution in [2.75, 3.05) is 6.54 Å². The fourth-order valence-electron chi connectivity index (χ4n) is 2.57. The molecule has 20 heavy (non-hydrogen) atoms. The first-order valence-corrected chi connectivity index (χ1v) is 8.01. The Kier molecular flexibility index (Phi) is 4.41. The molecule has 0 heterocycles. The van der Waals surface area contributed by atoms with Gasteiger partial charge < -0.3 is 5.73 Å². The minimum absolute atomic E-state index is 0.0642. The lowest BCUT2D eigenvalue weighted by atomic mass is 10.1. The summed E-state index contributed by atoms with van der Waals surface area (Å²) in [5.74, 6) is -1.78. The number of nitrogens with two attached hydrogens (primary N) is 1. The van der Waals surface area contributed by atoms with Crippen LogP contribution in [0.2, 0.25) is 0 Å². The number of hydrogen-bond acceptors (Lipinski definition) is 3. The van der Waals surface area contributed by atoms with Gasteiger partial charge in [0.2, 0.25) is 10.0 Å². The highest BCUT2D eigenvalue weighted by molar-refractivity contribution is 7.89. The molecule has 0 amide bonds. The maximum atomic E-state index is 13.7. The Bertz CT molecular complexity index is 605. The smallest absolute Gasteiger partial charge is 0.243 e. The zero-order valence-electron chi connectivity index (χ0n) is 11.2. The van der Waals surface area contributed by atoms with Crippen LogP contribution in [-0.2, 0) is 10.0 Å². The molecule has 0 spiro atoms. The van der Waals surface area contributed by atoms with Crippen LogP contribution in [0, 0.1) is 24.5 Å². The van der Waals surface area contributed by atoms with Crippen LogP contribution < -0.4 is 10.5 Å². The summed E-state index contributed by atoms with van der Waals surface area (Å²) in [5, 5.41) is 0. The molecule has 3 N–H and O–H groups in total. The van der Waals surface area contributed by atoms with Gasteiger partial charge in [0.1, 0.15) is 16.5 Å². The number of halogens is 2. The van der Waals surface area contributed by atoms with Gasteiger partial charge in [0, 0.05) is 12.1 Å². The number of rotatable bonds is 4. The fourth-order valence-corrected chi connectivity index (χ4v) is 4.06. The zero-order valence-corrected chi connectivity index (χ0v) is 12.0. The minimum Gasteiger partial charge on any atom is -0.330 e. The third kappa shape index (κ3) is 2.99. The van der Waals surface area contributed by atoms with Crippen molar-refractivity contribution < 1.29 is 17.2 Å². The molecule has 2 rings (SSSR count). The predicted molar refractivity (Wildman–Crippen MR) is 71.6 cm³/mol. The molecule has 4 nitrogen and oxygen atoms in total. The van der Waals surface area contributed by atoms with Crippen molar-refractivity contribution in [3.8, 4) is 0 Å². The van der Waals surface area contributed by atoms with Gasteiger partial charge in [-0.05, 0) is 43.9 Å². The molecule has 1 fully saturated rings. The highest BCUT2D eigenvalue weighted by Gasteiger charge is 2.31. The molecule has 1 aromatic rings. The second-order valence-electron chi connectivity index (χ2n) is 5.19. The third-order valence-corrected chi connectivity index (χ3v) is 5.28. The predicted octanol–water partition coefficient (Wildman–Crippen LogP) is 1.68. The summed E-state index contributed by atoms with van der Waals surface area (Å²) in [6.07, 6.45) is 2.43. The van der Waals surface area contributed by atoms with E-state index in [1.807, 2.05) is 0 Å². The molecule has 0 radical (unpaired) electrons. The molecule has 0 saturated heterocycles. The van der Waals surface area contributed by atoms with Crippen molar-refractivity contribution in [2.45, 2.75) is 37.1 Å². The average Bonchev–Trinajstić information content (AvgIpc) is 2.80. The quantitative estimate of drug-likeness (QED) is 0.889. The summed E-state index contributed by atoms with van der Waals surface area (Å²) < 4.78 is 53.8. The molecule has 112 valence electrons. The third-order valence-electron chi connectivity index (χ3n) is 3.77. The minimum atomic E-state index is -4.00. The zero-order chi connectivity index (χ0) is 14.9. The van der Waals surface area contributed by atoms with E-state index in [1.165, 1.54) is 6.92 Å². The number of nitrogens with one attached hydrogen (secondary N) is 1. The van der Waals surface area contributed by atoms with Crippen molar-refractivity contribution in [3.63, 3.8) is 0 Å². The Morgan fingerprint density at radius 1 is 1.30 bits per heavy atom. The molecule has 1 aliphatic rings. The summed E-state index contributed by atoms with van der Waals surface area (Å²) in [6, 6.07) is 1.33. The monoisotopic (exact) mass is 304 g/mol. The van der Waals surface area contributed by atoms with E-state index in [9.17, 15) is 17.2 Å². The highest BCUT2D eigenvalue weighted by atomic mass is 32.2. The lowest BCUT2D eigenvalue weighted by molar-refractivity contribution is 0.450. The summed E-state index contributed by atoms with van der Waals surface area (Å²) >= 11 is 0. The van der Waals surface area contributed by atoms with Crippen molar-refractivity contribution in [3.05, 3.63) is 29.3 Å². The van der Waals surface area contributed by atoms with Crippen LogP contribution >= 0.6 is 0 Å². The molecule has 1 aromatic carbocycles. The van der Waals surface area contributed by atoms with E-state index >= 15 is 0 Å². The van der Waals surface area contributed by atoms with E-state index in [-0.39, 0.29) is 17.5 Å². The molecular weight excluding hydrogens is 286 g/mol. The van der Waals surface area contributed by atoms with Crippen LogP contribution in [0.15, 0.2) is 17.0 Å². The van der Waals surface area contributed by atoms with E-state index in [0.717, 1.165) is 18.9 Å². The second kappa shape index (κ2) is 5.75. The van der Waals surface area contributed by atoms with Crippen molar-refractivity contribution >= 4 is 10.0 Å². The first-order valence-electron chi connectivity index (χ1n) is 6.53. The van der Waals surface area contributed by atoms with Crippen molar-refractivity contribution in [1.82, 2.24) is 4.72 Å². The van der Waals surface area contributed by atoms with Gasteiger partial charge in [-0.2, -0.15) is 0 Å². The fraction of sp³-hybridized carbons (Fsp3) is 0.538. The van der Waals surface area contributed by atoms with Crippen LogP contribution in [0.4, 0.5) is 8.78 Å². The Labute approximate surface area is 117 Å². The number of benzene rings is 1. The number of sulfonamides is 1. The Morgan fingerprint density at radius 3 is 2.65 bits per heavy atom. The van der Waals surface area contributed by atoms with Crippen molar-refractivity contribution in [2.24, 2.45) is 11.7 Å². The Hall–Kier alpha value is -1.05. The molecule has 0 bridgehead atoms. The van der Waals surface area contributed by atoms with Crippen LogP contribution in [0.5, 0.6) is 0 Å². The maximum Gasteiger partial charge on any atom is 0.243 e. The van der Waals surface area contributed by atoms with Crippen LogP contribution in [0.1, 0.15) is 24.8 Å². The Balaban J connectivity index is 2.29. The van der Waals surface area contributed by atoms with Gasteiger partial charge in [-0.1, -0.05) is 6.42 Å². The molecule has 2 atom stereocenters. The standard InChI is InChI=1S/C13H18F2N2O2S/c1-8-5-13(11(15)6-10(8)14)20(18,19)17-12-4-2-3-9(12)7-16/h5-6,9,12,17H,2-4,7,16H2,1H3. The molecule has 0 aromatic heterocycles. The van der Waals surface area contributed by atoms with Crippen LogP contribution in [0.25, 0.3) is 0 Å². The van der Waals surface area contributed by atoms with Gasteiger partial charge in [0.25, 0.3) is 0 Å². The van der Waals surface area contributed by atoms with E-state index in [2.05, 4.69) is 4.72 Å². The van der Waals surface area contributed by atoms with Gasteiger partial charge in [-0.3, -0.25) is 0 Å². The van der Waals surface area contributed by atoms with Gasteiger partial charge in [0.05, 0.1) is 0 Å². The highest BCUT2D eigenvalue weighted by Crippen LogP contribution is 2.27. The molecule has 2 unspecified atom stereocenters. The van der Waals surface area contributed by atoms with E-state index < -0.39 is 26.6 Å². The molecular formula is C13H18F2N2O2S. The van der Waals surface area contributed by atoms with Crippen LogP contribution in [-0.4, -0.2) is 21.0 Å². The average molecular weight is 304 g/mol. The first kappa shape index (κ1) is 15.3. The number of hydrogen-bond donors (Lipinski definition) is 2. The summed E-state index contributed by atoms with van der Waals surface area (Å²) in [7, 11) is -4.00. The Morgan fingerprint density at radius 2 is 2.00 bits per heavy atom. The normalized spacial score (nSPS) is 23.2. The second-order valence-corrected chi connectivity index (χ2v) is 6.87.